The highest BCUT2D eigenvalue weighted by atomic mass is 16.5. The van der Waals surface area contributed by atoms with Crippen LogP contribution in [0.1, 0.15) is 32.0 Å². The summed E-state index contributed by atoms with van der Waals surface area (Å²) in [4.78, 5) is 8.93. The highest BCUT2D eigenvalue weighted by molar-refractivity contribution is 5.47. The van der Waals surface area contributed by atoms with Crippen molar-refractivity contribution in [2.75, 3.05) is 44.0 Å². The summed E-state index contributed by atoms with van der Waals surface area (Å²) in [6.07, 6.45) is 3.42. The van der Waals surface area contributed by atoms with Crippen LogP contribution < -0.4 is 10.6 Å². The Morgan fingerprint density at radius 1 is 1.33 bits per heavy atom. The third kappa shape index (κ3) is 5.47. The molecule has 1 fully saturated rings. The summed E-state index contributed by atoms with van der Waals surface area (Å²) in [5.74, 6) is 2.95. The number of nitrogens with one attached hydrogen (secondary N) is 2. The minimum absolute atomic E-state index is 0.420. The predicted molar refractivity (Wildman–Crippen MR) is 83.6 cm³/mol. The van der Waals surface area contributed by atoms with Gasteiger partial charge in [-0.1, -0.05) is 6.92 Å². The van der Waals surface area contributed by atoms with Gasteiger partial charge < -0.3 is 20.1 Å². The number of hydrogen-bond acceptors (Lipinski definition) is 6. The lowest BCUT2D eigenvalue weighted by atomic mass is 10.0. The summed E-state index contributed by atoms with van der Waals surface area (Å²) in [6.45, 7) is 6.07. The number of aromatic nitrogens is 2. The van der Waals surface area contributed by atoms with Gasteiger partial charge in [-0.15, -0.1) is 0 Å². The molecule has 2 rings (SSSR count). The summed E-state index contributed by atoms with van der Waals surface area (Å²) < 4.78 is 10.6. The molecule has 0 aliphatic carbocycles. The summed E-state index contributed by atoms with van der Waals surface area (Å²) in [5.41, 5.74) is 0. The van der Waals surface area contributed by atoms with E-state index in [4.69, 9.17) is 9.47 Å². The Kier molecular flexibility index (Phi) is 6.69. The molecule has 6 heteroatoms. The maximum absolute atomic E-state index is 5.50. The Labute approximate surface area is 126 Å². The van der Waals surface area contributed by atoms with Gasteiger partial charge in [0.15, 0.2) is 5.82 Å². The average Bonchev–Trinajstić information content (AvgIpc) is 2.52. The van der Waals surface area contributed by atoms with Crippen LogP contribution in [0.4, 0.5) is 11.6 Å². The second kappa shape index (κ2) is 8.79. The quantitative estimate of drug-likeness (QED) is 0.766. The number of rotatable bonds is 8. The van der Waals surface area contributed by atoms with Gasteiger partial charge in [-0.3, -0.25) is 0 Å². The van der Waals surface area contributed by atoms with Crippen LogP contribution in [0.2, 0.25) is 0 Å². The molecule has 1 aromatic rings. The van der Waals surface area contributed by atoms with E-state index in [9.17, 15) is 0 Å². The molecular formula is C15H26N4O2. The van der Waals surface area contributed by atoms with Crippen molar-refractivity contribution in [2.45, 2.75) is 32.8 Å². The first-order valence-electron chi connectivity index (χ1n) is 7.74. The molecule has 2 heterocycles. The van der Waals surface area contributed by atoms with Gasteiger partial charge in [0.2, 0.25) is 0 Å². The minimum atomic E-state index is 0.420. The average molecular weight is 294 g/mol. The minimum Gasteiger partial charge on any atom is -0.381 e. The number of methoxy groups -OCH3 is 1. The van der Waals surface area contributed by atoms with Crippen LogP contribution in [-0.4, -0.2) is 43.4 Å². The van der Waals surface area contributed by atoms with Gasteiger partial charge in [-0.05, 0) is 25.2 Å². The smallest absolute Gasteiger partial charge is 0.158 e. The Hall–Kier alpha value is -1.40. The van der Waals surface area contributed by atoms with Gasteiger partial charge in [-0.25, -0.2) is 9.97 Å². The lowest BCUT2D eigenvalue weighted by Crippen LogP contribution is -2.24. The van der Waals surface area contributed by atoms with Crippen molar-refractivity contribution in [1.82, 2.24) is 9.97 Å². The third-order valence-corrected chi connectivity index (χ3v) is 3.43. The van der Waals surface area contributed by atoms with Gasteiger partial charge in [0, 0.05) is 32.9 Å². The maximum Gasteiger partial charge on any atom is 0.158 e. The van der Waals surface area contributed by atoms with Gasteiger partial charge in [0.25, 0.3) is 0 Å². The zero-order valence-corrected chi connectivity index (χ0v) is 13.0. The summed E-state index contributed by atoms with van der Waals surface area (Å²) >= 11 is 0. The molecule has 1 unspecified atom stereocenters. The van der Waals surface area contributed by atoms with Crippen LogP contribution in [-0.2, 0) is 16.1 Å². The third-order valence-electron chi connectivity index (χ3n) is 3.43. The fraction of sp³-hybridized carbons (Fsp3) is 0.733. The normalized spacial score (nSPS) is 18.5. The van der Waals surface area contributed by atoms with Gasteiger partial charge >= 0.3 is 0 Å². The molecule has 0 aromatic carbocycles. The van der Waals surface area contributed by atoms with Crippen molar-refractivity contribution < 1.29 is 9.47 Å². The summed E-state index contributed by atoms with van der Waals surface area (Å²) in [7, 11) is 1.65. The summed E-state index contributed by atoms with van der Waals surface area (Å²) in [5, 5.41) is 6.70. The molecule has 0 bridgehead atoms. The van der Waals surface area contributed by atoms with Crippen LogP contribution >= 0.6 is 0 Å². The highest BCUT2D eigenvalue weighted by Crippen LogP contribution is 2.16. The van der Waals surface area contributed by atoms with E-state index in [1.165, 1.54) is 6.42 Å². The van der Waals surface area contributed by atoms with E-state index in [1.54, 1.807) is 7.11 Å². The molecule has 1 aromatic heterocycles. The Balaban J connectivity index is 1.96. The Bertz CT molecular complexity index is 422. The van der Waals surface area contributed by atoms with E-state index >= 15 is 0 Å². The molecule has 1 aliphatic heterocycles. The molecule has 2 N–H and O–H groups in total. The second-order valence-corrected chi connectivity index (χ2v) is 5.38. The summed E-state index contributed by atoms with van der Waals surface area (Å²) in [6, 6.07) is 1.96. The molecule has 0 radical (unpaired) electrons. The maximum atomic E-state index is 5.50. The van der Waals surface area contributed by atoms with Gasteiger partial charge in [0.1, 0.15) is 18.2 Å². The monoisotopic (exact) mass is 294 g/mol. The molecule has 1 atom stereocenters. The molecule has 21 heavy (non-hydrogen) atoms. The predicted octanol–water partition coefficient (Wildman–Crippen LogP) is 2.28. The van der Waals surface area contributed by atoms with E-state index in [0.29, 0.717) is 18.3 Å². The molecule has 6 nitrogen and oxygen atoms in total. The van der Waals surface area contributed by atoms with Crippen LogP contribution in [0.15, 0.2) is 6.07 Å². The van der Waals surface area contributed by atoms with E-state index in [0.717, 1.165) is 50.8 Å². The molecule has 1 aliphatic rings. The standard InChI is InChI=1S/C15H26N4O2/c1-3-6-16-13-8-14(19-15(18-13)11-20-2)17-9-12-5-4-7-21-10-12/h8,12H,3-7,9-11H2,1-2H3,(H2,16,17,18,19). The molecule has 0 saturated carbocycles. The largest absolute Gasteiger partial charge is 0.381 e. The zero-order valence-electron chi connectivity index (χ0n) is 13.0. The SMILES string of the molecule is CCCNc1cc(NCC2CCCOC2)nc(COC)n1. The first-order valence-corrected chi connectivity index (χ1v) is 7.74. The van der Waals surface area contributed by atoms with E-state index in [1.807, 2.05) is 6.07 Å². The first-order chi connectivity index (χ1) is 10.3. The van der Waals surface area contributed by atoms with Gasteiger partial charge in [-0.2, -0.15) is 0 Å². The topological polar surface area (TPSA) is 68.3 Å². The van der Waals surface area contributed by atoms with Crippen molar-refractivity contribution in [3.05, 3.63) is 11.9 Å². The van der Waals surface area contributed by atoms with Crippen LogP contribution in [0.3, 0.4) is 0 Å². The van der Waals surface area contributed by atoms with Crippen molar-refractivity contribution in [1.29, 1.82) is 0 Å². The Morgan fingerprint density at radius 2 is 2.14 bits per heavy atom. The van der Waals surface area contributed by atoms with Crippen molar-refractivity contribution in [3.63, 3.8) is 0 Å². The van der Waals surface area contributed by atoms with Crippen molar-refractivity contribution in [2.24, 2.45) is 5.92 Å². The van der Waals surface area contributed by atoms with E-state index in [-0.39, 0.29) is 0 Å². The van der Waals surface area contributed by atoms with Crippen LogP contribution in [0.5, 0.6) is 0 Å². The zero-order chi connectivity index (χ0) is 14.9. The molecule has 118 valence electrons. The van der Waals surface area contributed by atoms with Crippen LogP contribution in [0.25, 0.3) is 0 Å². The number of anilines is 2. The van der Waals surface area contributed by atoms with Crippen LogP contribution in [0, 0.1) is 5.92 Å². The number of hydrogen-bond donors (Lipinski definition) is 2. The van der Waals surface area contributed by atoms with Crippen molar-refractivity contribution in [3.8, 4) is 0 Å². The molecular weight excluding hydrogens is 268 g/mol. The van der Waals surface area contributed by atoms with E-state index in [2.05, 4.69) is 27.5 Å². The lowest BCUT2D eigenvalue weighted by Gasteiger charge is -2.22. The Morgan fingerprint density at radius 3 is 2.81 bits per heavy atom. The molecule has 1 saturated heterocycles. The fourth-order valence-corrected chi connectivity index (χ4v) is 2.34. The number of nitrogens with zero attached hydrogens (tertiary/aromatic N) is 2. The second-order valence-electron chi connectivity index (χ2n) is 5.38. The molecule has 0 amide bonds. The fourth-order valence-electron chi connectivity index (χ4n) is 2.34. The number of ether oxygens (including phenoxy) is 2. The molecule has 0 spiro atoms. The van der Waals surface area contributed by atoms with Gasteiger partial charge in [0.05, 0.1) is 6.61 Å². The first kappa shape index (κ1) is 16.0. The highest BCUT2D eigenvalue weighted by Gasteiger charge is 2.14. The lowest BCUT2D eigenvalue weighted by molar-refractivity contribution is 0.0595. The van der Waals surface area contributed by atoms with E-state index < -0.39 is 0 Å². The van der Waals surface area contributed by atoms with Crippen molar-refractivity contribution >= 4 is 11.6 Å².